The minimum absolute atomic E-state index is 0.102. The number of nitrogens with one attached hydrogen (secondary N) is 1. The van der Waals surface area contributed by atoms with Crippen molar-refractivity contribution in [2.75, 3.05) is 6.54 Å². The molecule has 0 saturated heterocycles. The predicted octanol–water partition coefficient (Wildman–Crippen LogP) is 4.92. The van der Waals surface area contributed by atoms with Gasteiger partial charge in [0.15, 0.2) is 0 Å². The molecule has 2 nitrogen and oxygen atoms in total. The number of hydrogen-bond acceptors (Lipinski definition) is 2. The average Bonchev–Trinajstić information content (AvgIpc) is 2.46. The van der Waals surface area contributed by atoms with Gasteiger partial charge in [-0.15, -0.1) is 0 Å². The Morgan fingerprint density at radius 1 is 1.38 bits per heavy atom. The fourth-order valence-electron chi connectivity index (χ4n) is 2.15. The van der Waals surface area contributed by atoms with E-state index in [0.717, 1.165) is 23.1 Å². The molecular formula is C16H17BrClFN2. The van der Waals surface area contributed by atoms with Crippen LogP contribution in [0, 0.1) is 5.82 Å². The van der Waals surface area contributed by atoms with Gasteiger partial charge in [-0.05, 0) is 49.2 Å². The largest absolute Gasteiger partial charge is 0.308 e. The lowest BCUT2D eigenvalue weighted by molar-refractivity contribution is 0.503. The van der Waals surface area contributed by atoms with Crippen LogP contribution in [0.4, 0.5) is 4.39 Å². The molecule has 5 heteroatoms. The first-order chi connectivity index (χ1) is 10.1. The normalized spacial score (nSPS) is 12.4. The number of rotatable bonds is 6. The predicted molar refractivity (Wildman–Crippen MR) is 88.1 cm³/mol. The van der Waals surface area contributed by atoms with Gasteiger partial charge in [0.05, 0.1) is 16.8 Å². The van der Waals surface area contributed by atoms with Gasteiger partial charge >= 0.3 is 0 Å². The molecule has 0 fully saturated rings. The van der Waals surface area contributed by atoms with Gasteiger partial charge in [0, 0.05) is 10.7 Å². The second kappa shape index (κ2) is 7.87. The van der Waals surface area contributed by atoms with E-state index in [1.54, 1.807) is 18.3 Å². The maximum atomic E-state index is 14.0. The number of nitrogens with zero attached hydrogens (tertiary/aromatic N) is 1. The van der Waals surface area contributed by atoms with Crippen LogP contribution in [-0.2, 0) is 6.42 Å². The molecule has 1 aromatic carbocycles. The zero-order valence-electron chi connectivity index (χ0n) is 11.7. The van der Waals surface area contributed by atoms with Crippen LogP contribution in [0.25, 0.3) is 0 Å². The molecule has 0 aliphatic rings. The number of aromatic nitrogens is 1. The van der Waals surface area contributed by atoms with E-state index in [9.17, 15) is 4.39 Å². The fourth-order valence-corrected chi connectivity index (χ4v) is 2.73. The molecule has 2 rings (SSSR count). The summed E-state index contributed by atoms with van der Waals surface area (Å²) in [4.78, 5) is 4.35. The van der Waals surface area contributed by atoms with Gasteiger partial charge in [-0.1, -0.05) is 40.5 Å². The van der Waals surface area contributed by atoms with Crippen LogP contribution in [0.2, 0.25) is 5.02 Å². The van der Waals surface area contributed by atoms with E-state index in [4.69, 9.17) is 11.6 Å². The lowest BCUT2D eigenvalue weighted by Gasteiger charge is -2.19. The second-order valence-corrected chi connectivity index (χ2v) is 6.14. The van der Waals surface area contributed by atoms with E-state index in [1.807, 2.05) is 12.1 Å². The van der Waals surface area contributed by atoms with Gasteiger partial charge in [-0.2, -0.15) is 0 Å². The molecular weight excluding hydrogens is 355 g/mol. The standard InChI is InChI=1S/C16H17BrClFN2/c1-2-7-20-15(16-13(18)4-3-8-21-16)9-11-5-6-12(17)10-14(11)19/h3-6,8,10,15,20H,2,7,9H2,1H3. The van der Waals surface area contributed by atoms with Crippen molar-refractivity contribution in [2.24, 2.45) is 0 Å². The summed E-state index contributed by atoms with van der Waals surface area (Å²) in [6.45, 7) is 2.92. The van der Waals surface area contributed by atoms with Gasteiger partial charge in [-0.3, -0.25) is 4.98 Å². The lowest BCUT2D eigenvalue weighted by Crippen LogP contribution is -2.25. The molecule has 2 aromatic rings. The highest BCUT2D eigenvalue weighted by Crippen LogP contribution is 2.25. The number of pyridine rings is 1. The minimum Gasteiger partial charge on any atom is -0.308 e. The first-order valence-corrected chi connectivity index (χ1v) is 8.06. The molecule has 112 valence electrons. The maximum Gasteiger partial charge on any atom is 0.127 e. The Balaban J connectivity index is 2.26. The van der Waals surface area contributed by atoms with Gasteiger partial charge in [0.1, 0.15) is 5.82 Å². The highest BCUT2D eigenvalue weighted by Gasteiger charge is 2.18. The molecule has 0 amide bonds. The Morgan fingerprint density at radius 3 is 2.86 bits per heavy atom. The molecule has 0 radical (unpaired) electrons. The van der Waals surface area contributed by atoms with Gasteiger partial charge in [0.25, 0.3) is 0 Å². The van der Waals surface area contributed by atoms with Crippen molar-refractivity contribution in [1.29, 1.82) is 0 Å². The van der Waals surface area contributed by atoms with Crippen LogP contribution in [0.3, 0.4) is 0 Å². The Labute approximate surface area is 137 Å². The zero-order valence-corrected chi connectivity index (χ0v) is 14.1. The summed E-state index contributed by atoms with van der Waals surface area (Å²) < 4.78 is 14.8. The SMILES string of the molecule is CCCNC(Cc1ccc(Br)cc1F)c1ncccc1Cl. The second-order valence-electron chi connectivity index (χ2n) is 4.82. The summed E-state index contributed by atoms with van der Waals surface area (Å²) in [5.41, 5.74) is 1.41. The van der Waals surface area contributed by atoms with Crippen LogP contribution in [0.15, 0.2) is 41.0 Å². The monoisotopic (exact) mass is 370 g/mol. The molecule has 0 aliphatic heterocycles. The van der Waals surface area contributed by atoms with Crippen LogP contribution < -0.4 is 5.32 Å². The molecule has 0 aliphatic carbocycles. The van der Waals surface area contributed by atoms with E-state index in [2.05, 4.69) is 33.2 Å². The molecule has 1 aromatic heterocycles. The van der Waals surface area contributed by atoms with Crippen LogP contribution in [0.1, 0.15) is 30.6 Å². The summed E-state index contributed by atoms with van der Waals surface area (Å²) in [5.74, 6) is -0.222. The van der Waals surface area contributed by atoms with E-state index in [0.29, 0.717) is 17.0 Å². The van der Waals surface area contributed by atoms with Crippen molar-refractivity contribution >= 4 is 27.5 Å². The van der Waals surface area contributed by atoms with E-state index in [1.165, 1.54) is 6.07 Å². The molecule has 1 N–H and O–H groups in total. The first-order valence-electron chi connectivity index (χ1n) is 6.89. The summed E-state index contributed by atoms with van der Waals surface area (Å²) in [6, 6.07) is 8.61. The lowest BCUT2D eigenvalue weighted by atomic mass is 10.0. The zero-order chi connectivity index (χ0) is 15.2. The number of halogens is 3. The van der Waals surface area contributed by atoms with Gasteiger partial charge in [-0.25, -0.2) is 4.39 Å². The third-order valence-corrected chi connectivity index (χ3v) is 4.01. The summed E-state index contributed by atoms with van der Waals surface area (Å²) in [5, 5.41) is 3.99. The first kappa shape index (κ1) is 16.4. The molecule has 1 atom stereocenters. The fraction of sp³-hybridized carbons (Fsp3) is 0.312. The van der Waals surface area contributed by atoms with Crippen molar-refractivity contribution in [1.82, 2.24) is 10.3 Å². The Bertz CT molecular complexity index is 607. The van der Waals surface area contributed by atoms with Gasteiger partial charge in [0.2, 0.25) is 0 Å². The third-order valence-electron chi connectivity index (χ3n) is 3.20. The van der Waals surface area contributed by atoms with Crippen LogP contribution in [-0.4, -0.2) is 11.5 Å². The molecule has 0 spiro atoms. The summed E-state index contributed by atoms with van der Waals surface area (Å²) in [6.07, 6.45) is 3.21. The van der Waals surface area contributed by atoms with Crippen LogP contribution >= 0.6 is 27.5 Å². The third kappa shape index (κ3) is 4.50. The summed E-state index contributed by atoms with van der Waals surface area (Å²) >= 11 is 9.50. The minimum atomic E-state index is -0.222. The number of benzene rings is 1. The smallest absolute Gasteiger partial charge is 0.127 e. The van der Waals surface area contributed by atoms with Gasteiger partial charge < -0.3 is 5.32 Å². The van der Waals surface area contributed by atoms with E-state index in [-0.39, 0.29) is 11.9 Å². The molecule has 1 heterocycles. The Kier molecular flexibility index (Phi) is 6.15. The average molecular weight is 372 g/mol. The Hall–Kier alpha value is -0.970. The maximum absolute atomic E-state index is 14.0. The summed E-state index contributed by atoms with van der Waals surface area (Å²) in [7, 11) is 0. The van der Waals surface area contributed by atoms with Crippen molar-refractivity contribution < 1.29 is 4.39 Å². The highest BCUT2D eigenvalue weighted by atomic mass is 79.9. The molecule has 0 bridgehead atoms. The van der Waals surface area contributed by atoms with Crippen molar-refractivity contribution in [3.8, 4) is 0 Å². The van der Waals surface area contributed by atoms with Crippen molar-refractivity contribution in [2.45, 2.75) is 25.8 Å². The van der Waals surface area contributed by atoms with Crippen molar-refractivity contribution in [3.05, 3.63) is 63.1 Å². The van der Waals surface area contributed by atoms with Crippen molar-refractivity contribution in [3.63, 3.8) is 0 Å². The topological polar surface area (TPSA) is 24.9 Å². The number of hydrogen-bond donors (Lipinski definition) is 1. The molecule has 1 unspecified atom stereocenters. The Morgan fingerprint density at radius 2 is 2.19 bits per heavy atom. The molecule has 21 heavy (non-hydrogen) atoms. The van der Waals surface area contributed by atoms with Crippen LogP contribution in [0.5, 0.6) is 0 Å². The van der Waals surface area contributed by atoms with E-state index < -0.39 is 0 Å². The molecule has 0 saturated carbocycles. The van der Waals surface area contributed by atoms with E-state index >= 15 is 0 Å². The highest BCUT2D eigenvalue weighted by molar-refractivity contribution is 9.10. The quantitative estimate of drug-likeness (QED) is 0.779.